The molecule has 0 saturated heterocycles. The van der Waals surface area contributed by atoms with Gasteiger partial charge in [-0.2, -0.15) is 0 Å². The molecule has 0 spiro atoms. The van der Waals surface area contributed by atoms with Crippen molar-refractivity contribution in [3.63, 3.8) is 0 Å². The van der Waals surface area contributed by atoms with Gasteiger partial charge in [0.1, 0.15) is 6.10 Å². The van der Waals surface area contributed by atoms with E-state index in [1.54, 1.807) is 18.2 Å². The van der Waals surface area contributed by atoms with Crippen LogP contribution in [0, 0.1) is 10.1 Å². The zero-order valence-corrected chi connectivity index (χ0v) is 11.9. The predicted molar refractivity (Wildman–Crippen MR) is 81.5 cm³/mol. The Labute approximate surface area is 123 Å². The highest BCUT2D eigenvalue weighted by atomic mass is 16.6. The average Bonchev–Trinajstić information content (AvgIpc) is 2.52. The fourth-order valence-corrected chi connectivity index (χ4v) is 2.10. The summed E-state index contributed by atoms with van der Waals surface area (Å²) < 4.78 is 5.91. The minimum atomic E-state index is -0.421. The summed E-state index contributed by atoms with van der Waals surface area (Å²) in [6.07, 6.45) is 0.506. The molecule has 1 unspecified atom stereocenters. The van der Waals surface area contributed by atoms with Gasteiger partial charge in [0.2, 0.25) is 0 Å². The third kappa shape index (κ3) is 4.03. The summed E-state index contributed by atoms with van der Waals surface area (Å²) >= 11 is 0. The Morgan fingerprint density at radius 2 is 1.81 bits per heavy atom. The van der Waals surface area contributed by atoms with Gasteiger partial charge in [-0.15, -0.1) is 0 Å². The van der Waals surface area contributed by atoms with Gasteiger partial charge < -0.3 is 10.1 Å². The first-order valence-corrected chi connectivity index (χ1v) is 6.82. The van der Waals surface area contributed by atoms with Crippen molar-refractivity contribution in [2.24, 2.45) is 0 Å². The molecule has 5 nitrogen and oxygen atoms in total. The van der Waals surface area contributed by atoms with E-state index in [-0.39, 0.29) is 11.8 Å². The maximum Gasteiger partial charge on any atom is 0.310 e. The van der Waals surface area contributed by atoms with Gasteiger partial charge in [-0.3, -0.25) is 10.1 Å². The summed E-state index contributed by atoms with van der Waals surface area (Å²) in [6.45, 7) is 0.764. The number of benzene rings is 2. The summed E-state index contributed by atoms with van der Waals surface area (Å²) in [5.74, 6) is 0.299. The van der Waals surface area contributed by atoms with Gasteiger partial charge >= 0.3 is 5.69 Å². The first kappa shape index (κ1) is 15.0. The van der Waals surface area contributed by atoms with Crippen molar-refractivity contribution >= 4 is 5.69 Å². The summed E-state index contributed by atoms with van der Waals surface area (Å²) in [6, 6.07) is 16.2. The molecule has 5 heteroatoms. The molecule has 0 radical (unpaired) electrons. The van der Waals surface area contributed by atoms with Crippen LogP contribution in [-0.4, -0.2) is 18.5 Å². The minimum absolute atomic E-state index is 0.0112. The van der Waals surface area contributed by atoms with Crippen molar-refractivity contribution in [1.82, 2.24) is 5.32 Å². The van der Waals surface area contributed by atoms with Crippen LogP contribution in [-0.2, 0) is 0 Å². The normalized spacial score (nSPS) is 11.9. The number of nitrogens with one attached hydrogen (secondary N) is 1. The van der Waals surface area contributed by atoms with E-state index in [1.165, 1.54) is 6.07 Å². The number of para-hydroxylation sites is 2. The Kier molecular flexibility index (Phi) is 5.29. The van der Waals surface area contributed by atoms with Gasteiger partial charge in [0.05, 0.1) is 4.92 Å². The van der Waals surface area contributed by atoms with Crippen molar-refractivity contribution in [3.05, 3.63) is 70.3 Å². The highest BCUT2D eigenvalue weighted by Crippen LogP contribution is 2.31. The molecule has 0 heterocycles. The number of nitro benzene ring substituents is 1. The van der Waals surface area contributed by atoms with E-state index >= 15 is 0 Å². The van der Waals surface area contributed by atoms with E-state index in [4.69, 9.17) is 4.74 Å². The molecule has 0 bridgehead atoms. The summed E-state index contributed by atoms with van der Waals surface area (Å²) in [4.78, 5) is 10.6. The highest BCUT2D eigenvalue weighted by Gasteiger charge is 2.19. The van der Waals surface area contributed by atoms with Crippen LogP contribution >= 0.6 is 0 Å². The van der Waals surface area contributed by atoms with E-state index in [0.29, 0.717) is 5.75 Å². The zero-order valence-electron chi connectivity index (χ0n) is 11.9. The van der Waals surface area contributed by atoms with Crippen LogP contribution in [0.2, 0.25) is 0 Å². The number of hydrogen-bond donors (Lipinski definition) is 1. The molecular weight excluding hydrogens is 268 g/mol. The lowest BCUT2D eigenvalue weighted by Gasteiger charge is -2.19. The molecule has 2 aromatic rings. The van der Waals surface area contributed by atoms with Crippen LogP contribution in [0.3, 0.4) is 0 Å². The third-order valence-electron chi connectivity index (χ3n) is 3.16. The second kappa shape index (κ2) is 7.40. The van der Waals surface area contributed by atoms with Gasteiger partial charge in [0.15, 0.2) is 5.75 Å². The van der Waals surface area contributed by atoms with Gasteiger partial charge in [0.25, 0.3) is 0 Å². The van der Waals surface area contributed by atoms with E-state index in [9.17, 15) is 10.1 Å². The fraction of sp³-hybridized carbons (Fsp3) is 0.250. The smallest absolute Gasteiger partial charge is 0.310 e. The molecule has 1 N–H and O–H groups in total. The van der Waals surface area contributed by atoms with Crippen molar-refractivity contribution in [2.75, 3.05) is 13.6 Å². The first-order valence-electron chi connectivity index (χ1n) is 6.82. The van der Waals surface area contributed by atoms with Gasteiger partial charge in [0, 0.05) is 12.5 Å². The zero-order chi connectivity index (χ0) is 15.1. The minimum Gasteiger partial charge on any atom is -0.479 e. The summed E-state index contributed by atoms with van der Waals surface area (Å²) in [7, 11) is 1.87. The Hall–Kier alpha value is -2.40. The maximum atomic E-state index is 11.1. The SMILES string of the molecule is CNCCC(Oc1ccccc1[N+](=O)[O-])c1ccccc1. The topological polar surface area (TPSA) is 64.4 Å². The molecule has 110 valence electrons. The standard InChI is InChI=1S/C16H18N2O3/c1-17-12-11-15(13-7-3-2-4-8-13)21-16-10-6-5-9-14(16)18(19)20/h2-10,15,17H,11-12H2,1H3. The molecule has 0 aliphatic heterocycles. The molecule has 21 heavy (non-hydrogen) atoms. The van der Waals surface area contributed by atoms with Crippen LogP contribution in [0.4, 0.5) is 5.69 Å². The molecule has 2 rings (SSSR count). The van der Waals surface area contributed by atoms with Crippen LogP contribution in [0.15, 0.2) is 54.6 Å². The van der Waals surface area contributed by atoms with E-state index in [1.807, 2.05) is 37.4 Å². The number of nitro groups is 1. The maximum absolute atomic E-state index is 11.1. The number of hydrogen-bond acceptors (Lipinski definition) is 4. The second-order valence-electron chi connectivity index (χ2n) is 4.63. The third-order valence-corrected chi connectivity index (χ3v) is 3.16. The molecule has 0 saturated carbocycles. The van der Waals surface area contributed by atoms with Crippen LogP contribution in [0.1, 0.15) is 18.1 Å². The van der Waals surface area contributed by atoms with Gasteiger partial charge in [-0.05, 0) is 25.2 Å². The molecule has 0 amide bonds. The molecule has 0 aliphatic carbocycles. The predicted octanol–water partition coefficient (Wildman–Crippen LogP) is 3.32. The molecular formula is C16H18N2O3. The number of rotatable bonds is 7. The van der Waals surface area contributed by atoms with Crippen molar-refractivity contribution in [1.29, 1.82) is 0 Å². The van der Waals surface area contributed by atoms with Crippen molar-refractivity contribution in [2.45, 2.75) is 12.5 Å². The Balaban J connectivity index is 2.25. The summed E-state index contributed by atoms with van der Waals surface area (Å²) in [5.41, 5.74) is 0.994. The van der Waals surface area contributed by atoms with Crippen LogP contribution in [0.5, 0.6) is 5.75 Å². The lowest BCUT2D eigenvalue weighted by atomic mass is 10.1. The monoisotopic (exact) mass is 286 g/mol. The van der Waals surface area contributed by atoms with E-state index < -0.39 is 4.92 Å². The Morgan fingerprint density at radius 1 is 1.14 bits per heavy atom. The second-order valence-corrected chi connectivity index (χ2v) is 4.63. The van der Waals surface area contributed by atoms with Gasteiger partial charge in [-0.1, -0.05) is 42.5 Å². The molecule has 0 aromatic heterocycles. The number of ether oxygens (including phenoxy) is 1. The molecule has 0 fully saturated rings. The molecule has 2 aromatic carbocycles. The van der Waals surface area contributed by atoms with Crippen LogP contribution < -0.4 is 10.1 Å². The van der Waals surface area contributed by atoms with Crippen LogP contribution in [0.25, 0.3) is 0 Å². The molecule has 1 atom stereocenters. The lowest BCUT2D eigenvalue weighted by molar-refractivity contribution is -0.386. The fourth-order valence-electron chi connectivity index (χ4n) is 2.10. The lowest BCUT2D eigenvalue weighted by Crippen LogP contribution is -2.16. The Morgan fingerprint density at radius 3 is 2.48 bits per heavy atom. The largest absolute Gasteiger partial charge is 0.479 e. The average molecular weight is 286 g/mol. The summed E-state index contributed by atoms with van der Waals surface area (Å²) in [5, 5.41) is 14.1. The van der Waals surface area contributed by atoms with E-state index in [0.717, 1.165) is 18.5 Å². The quantitative estimate of drug-likeness (QED) is 0.626. The number of nitrogens with zero attached hydrogens (tertiary/aromatic N) is 1. The Bertz CT molecular complexity index is 587. The van der Waals surface area contributed by atoms with Gasteiger partial charge in [-0.25, -0.2) is 0 Å². The highest BCUT2D eigenvalue weighted by molar-refractivity contribution is 5.46. The first-order chi connectivity index (χ1) is 10.2. The van der Waals surface area contributed by atoms with E-state index in [2.05, 4.69) is 5.32 Å². The van der Waals surface area contributed by atoms with Crippen molar-refractivity contribution < 1.29 is 9.66 Å². The molecule has 0 aliphatic rings. The van der Waals surface area contributed by atoms with Crippen molar-refractivity contribution in [3.8, 4) is 5.75 Å².